The molecule has 2 amide bonds. The first kappa shape index (κ1) is 16.9. The van der Waals surface area contributed by atoms with Gasteiger partial charge in [0.1, 0.15) is 11.6 Å². The normalized spacial score (nSPS) is 22.0. The zero-order valence-corrected chi connectivity index (χ0v) is 12.7. The molecule has 0 aliphatic carbocycles. The maximum atomic E-state index is 12.1. The highest BCUT2D eigenvalue weighted by Crippen LogP contribution is 2.25. The van der Waals surface area contributed by atoms with E-state index in [0.717, 1.165) is 14.0 Å². The number of imide groups is 1. The van der Waals surface area contributed by atoms with Crippen LogP contribution in [0.5, 0.6) is 0 Å². The van der Waals surface area contributed by atoms with E-state index in [-0.39, 0.29) is 6.42 Å². The van der Waals surface area contributed by atoms with Gasteiger partial charge in [0.25, 0.3) is 5.91 Å². The Kier molecular flexibility index (Phi) is 4.93. The van der Waals surface area contributed by atoms with Crippen molar-refractivity contribution < 1.29 is 33.4 Å². The molecule has 0 unspecified atom stereocenters. The van der Waals surface area contributed by atoms with Crippen molar-refractivity contribution >= 4 is 23.9 Å². The van der Waals surface area contributed by atoms with Crippen LogP contribution in [0.4, 0.5) is 4.79 Å². The van der Waals surface area contributed by atoms with Crippen LogP contribution in [0.1, 0.15) is 34.1 Å². The van der Waals surface area contributed by atoms with Crippen molar-refractivity contribution in [1.82, 2.24) is 4.90 Å². The molecule has 0 saturated carbocycles. The van der Waals surface area contributed by atoms with E-state index >= 15 is 0 Å². The zero-order chi connectivity index (χ0) is 16.4. The number of carbonyl (C=O) groups excluding carboxylic acids is 4. The van der Waals surface area contributed by atoms with Gasteiger partial charge in [-0.1, -0.05) is 0 Å². The second-order valence-corrected chi connectivity index (χ2v) is 5.56. The minimum Gasteiger partial charge on any atom is -0.467 e. The quantitative estimate of drug-likeness (QED) is 0.544. The van der Waals surface area contributed by atoms with Crippen LogP contribution in [0.2, 0.25) is 0 Å². The summed E-state index contributed by atoms with van der Waals surface area (Å²) in [6.07, 6.45) is -2.32. The van der Waals surface area contributed by atoms with E-state index in [1.807, 2.05) is 0 Å². The molecule has 0 N–H and O–H groups in total. The number of methoxy groups -OCH3 is 1. The van der Waals surface area contributed by atoms with Gasteiger partial charge < -0.3 is 14.2 Å². The third kappa shape index (κ3) is 4.17. The molecule has 1 saturated heterocycles. The van der Waals surface area contributed by atoms with E-state index in [9.17, 15) is 19.2 Å². The number of rotatable bonds is 2. The van der Waals surface area contributed by atoms with Gasteiger partial charge in [0.15, 0.2) is 6.10 Å². The van der Waals surface area contributed by atoms with Gasteiger partial charge in [-0.2, -0.15) is 0 Å². The van der Waals surface area contributed by atoms with Crippen LogP contribution in [-0.2, 0) is 28.6 Å². The summed E-state index contributed by atoms with van der Waals surface area (Å²) in [5.41, 5.74) is -0.836. The highest BCUT2D eigenvalue weighted by molar-refractivity contribution is 6.02. The predicted octanol–water partition coefficient (Wildman–Crippen LogP) is 0.627. The van der Waals surface area contributed by atoms with Crippen molar-refractivity contribution in [1.29, 1.82) is 0 Å². The summed E-state index contributed by atoms with van der Waals surface area (Å²) >= 11 is 0. The summed E-state index contributed by atoms with van der Waals surface area (Å²) in [6.45, 7) is 6.02. The van der Waals surface area contributed by atoms with Crippen molar-refractivity contribution in [3.63, 3.8) is 0 Å². The molecule has 8 nitrogen and oxygen atoms in total. The second-order valence-electron chi connectivity index (χ2n) is 5.56. The lowest BCUT2D eigenvalue weighted by atomic mass is 10.2. The first-order chi connectivity index (χ1) is 9.56. The van der Waals surface area contributed by atoms with E-state index in [2.05, 4.69) is 4.74 Å². The van der Waals surface area contributed by atoms with Gasteiger partial charge in [0, 0.05) is 13.3 Å². The van der Waals surface area contributed by atoms with Crippen LogP contribution in [0.25, 0.3) is 0 Å². The lowest BCUT2D eigenvalue weighted by Crippen LogP contribution is -2.46. The second kappa shape index (κ2) is 6.11. The molecule has 1 fully saturated rings. The topological polar surface area (TPSA) is 99.2 Å². The maximum Gasteiger partial charge on any atom is 0.417 e. The fourth-order valence-electron chi connectivity index (χ4n) is 1.88. The average Bonchev–Trinajstić information content (AvgIpc) is 2.63. The van der Waals surface area contributed by atoms with Crippen molar-refractivity contribution in [2.45, 2.75) is 51.9 Å². The van der Waals surface area contributed by atoms with Crippen LogP contribution in [0.3, 0.4) is 0 Å². The van der Waals surface area contributed by atoms with Gasteiger partial charge in [0.2, 0.25) is 0 Å². The Morgan fingerprint density at radius 2 is 1.81 bits per heavy atom. The van der Waals surface area contributed by atoms with Gasteiger partial charge in [-0.05, 0) is 20.8 Å². The summed E-state index contributed by atoms with van der Waals surface area (Å²) < 4.78 is 14.5. The number of carbonyl (C=O) groups is 4. The molecule has 8 heteroatoms. The Hall–Kier alpha value is -2.12. The highest BCUT2D eigenvalue weighted by Gasteiger charge is 2.50. The molecule has 1 heterocycles. The summed E-state index contributed by atoms with van der Waals surface area (Å²) in [4.78, 5) is 47.5. The van der Waals surface area contributed by atoms with Crippen molar-refractivity contribution in [3.05, 3.63) is 0 Å². The van der Waals surface area contributed by atoms with E-state index in [1.165, 1.54) is 0 Å². The number of hydrogen-bond donors (Lipinski definition) is 0. The van der Waals surface area contributed by atoms with Gasteiger partial charge in [-0.15, -0.1) is 0 Å². The van der Waals surface area contributed by atoms with E-state index in [4.69, 9.17) is 9.47 Å². The van der Waals surface area contributed by atoms with Crippen molar-refractivity contribution in [3.8, 4) is 0 Å². The Balaban J connectivity index is 3.00. The molecule has 0 aromatic heterocycles. The Morgan fingerprint density at radius 3 is 2.24 bits per heavy atom. The zero-order valence-electron chi connectivity index (χ0n) is 12.7. The van der Waals surface area contributed by atoms with Gasteiger partial charge in [0.05, 0.1) is 7.11 Å². The lowest BCUT2D eigenvalue weighted by molar-refractivity contribution is -0.154. The first-order valence-electron chi connectivity index (χ1n) is 6.38. The molecule has 0 spiro atoms. The standard InChI is InChI=1S/C13H19NO7/c1-7(15)20-9-6-8(11(17)19-5)14(10(9)16)12(18)21-13(2,3)4/h8-9H,6H2,1-5H3/t8-,9-/m0/s1. The maximum absolute atomic E-state index is 12.1. The Labute approximate surface area is 122 Å². The highest BCUT2D eigenvalue weighted by atomic mass is 16.6. The molecule has 1 rings (SSSR count). The number of nitrogens with zero attached hydrogens (tertiary/aromatic N) is 1. The third-order valence-corrected chi connectivity index (χ3v) is 2.63. The molecule has 21 heavy (non-hydrogen) atoms. The summed E-state index contributed by atoms with van der Waals surface area (Å²) in [6, 6.07) is -1.17. The van der Waals surface area contributed by atoms with E-state index < -0.39 is 41.7 Å². The smallest absolute Gasteiger partial charge is 0.417 e. The number of esters is 2. The van der Waals surface area contributed by atoms with Gasteiger partial charge >= 0.3 is 18.0 Å². The Morgan fingerprint density at radius 1 is 1.24 bits per heavy atom. The summed E-state index contributed by atoms with van der Waals surface area (Å²) in [5.74, 6) is -2.25. The molecule has 1 aliphatic heterocycles. The fraction of sp³-hybridized carbons (Fsp3) is 0.692. The summed E-state index contributed by atoms with van der Waals surface area (Å²) in [5, 5.41) is 0. The molecule has 0 aromatic rings. The average molecular weight is 301 g/mol. The summed E-state index contributed by atoms with van der Waals surface area (Å²) in [7, 11) is 1.14. The number of hydrogen-bond acceptors (Lipinski definition) is 7. The van der Waals surface area contributed by atoms with Crippen molar-refractivity contribution in [2.24, 2.45) is 0 Å². The molecule has 118 valence electrons. The molecule has 0 bridgehead atoms. The molecular formula is C13H19NO7. The van der Waals surface area contributed by atoms with E-state index in [1.54, 1.807) is 20.8 Å². The minimum atomic E-state index is -1.20. The molecule has 0 aromatic carbocycles. The monoisotopic (exact) mass is 301 g/mol. The van der Waals surface area contributed by atoms with Crippen LogP contribution in [0.15, 0.2) is 0 Å². The molecular weight excluding hydrogens is 282 g/mol. The fourth-order valence-corrected chi connectivity index (χ4v) is 1.88. The molecule has 0 radical (unpaired) electrons. The molecule has 1 aliphatic rings. The molecule has 2 atom stereocenters. The van der Waals surface area contributed by atoms with Gasteiger partial charge in [-0.3, -0.25) is 9.59 Å². The first-order valence-corrected chi connectivity index (χ1v) is 6.38. The van der Waals surface area contributed by atoms with Crippen LogP contribution in [0, 0.1) is 0 Å². The minimum absolute atomic E-state index is 0.148. The van der Waals surface area contributed by atoms with Crippen LogP contribution in [-0.4, -0.2) is 53.7 Å². The van der Waals surface area contributed by atoms with E-state index in [0.29, 0.717) is 4.90 Å². The largest absolute Gasteiger partial charge is 0.467 e. The van der Waals surface area contributed by atoms with Crippen LogP contribution >= 0.6 is 0 Å². The van der Waals surface area contributed by atoms with Crippen molar-refractivity contribution in [2.75, 3.05) is 7.11 Å². The Bertz CT molecular complexity index is 466. The number of amides is 2. The third-order valence-electron chi connectivity index (χ3n) is 2.63. The van der Waals surface area contributed by atoms with Gasteiger partial charge in [-0.25, -0.2) is 14.5 Å². The number of ether oxygens (including phenoxy) is 3. The number of likely N-dealkylation sites (tertiary alicyclic amines) is 1. The van der Waals surface area contributed by atoms with Crippen LogP contribution < -0.4 is 0 Å². The lowest BCUT2D eigenvalue weighted by Gasteiger charge is -2.25. The predicted molar refractivity (Wildman–Crippen MR) is 69.1 cm³/mol. The SMILES string of the molecule is COC(=O)[C@@H]1C[C@H](OC(C)=O)C(=O)N1C(=O)OC(C)(C)C.